The first-order chi connectivity index (χ1) is 15.0. The van der Waals surface area contributed by atoms with Gasteiger partial charge in [-0.15, -0.1) is 0 Å². The van der Waals surface area contributed by atoms with E-state index < -0.39 is 18.0 Å². The molecule has 3 N–H and O–H groups in total. The lowest BCUT2D eigenvalue weighted by Crippen LogP contribution is -2.63. The van der Waals surface area contributed by atoms with Crippen LogP contribution in [0.4, 0.5) is 0 Å². The van der Waals surface area contributed by atoms with Gasteiger partial charge in [-0.3, -0.25) is 14.4 Å². The predicted octanol–water partition coefficient (Wildman–Crippen LogP) is 1.13. The third kappa shape index (κ3) is 4.95. The number of hydrogen-bond donors (Lipinski definition) is 2. The van der Waals surface area contributed by atoms with Crippen molar-refractivity contribution in [3.63, 3.8) is 0 Å². The summed E-state index contributed by atoms with van der Waals surface area (Å²) in [6.45, 7) is 1.03. The quantitative estimate of drug-likeness (QED) is 0.643. The second-order valence-corrected chi connectivity index (χ2v) is 7.24. The number of benzene rings is 1. The smallest absolute Gasteiger partial charge is 0.263 e. The topological polar surface area (TPSA) is 118 Å². The number of halogens is 1. The first kappa shape index (κ1) is 22.5. The van der Waals surface area contributed by atoms with Gasteiger partial charge in [-0.2, -0.15) is 0 Å². The number of ether oxygens (including phenoxy) is 1. The fourth-order valence-corrected chi connectivity index (χ4v) is 3.64. The van der Waals surface area contributed by atoms with E-state index in [9.17, 15) is 14.4 Å². The number of carbonyl (C=O) groups excluding carboxylic acids is 3. The molecule has 31 heavy (non-hydrogen) atoms. The summed E-state index contributed by atoms with van der Waals surface area (Å²) >= 11 is 6.11. The van der Waals surface area contributed by atoms with E-state index in [1.807, 2.05) is 0 Å². The van der Waals surface area contributed by atoms with Crippen LogP contribution in [-0.2, 0) is 4.79 Å². The van der Waals surface area contributed by atoms with Crippen molar-refractivity contribution in [2.75, 3.05) is 33.3 Å². The van der Waals surface area contributed by atoms with Gasteiger partial charge in [-0.25, -0.2) is 4.98 Å². The standard InChI is InChI=1S/C21H24ClN5O4/c1-31-15-6-2-5-14(13-15)20(29)26-11-4-12-27(19(26)18(28)25-10-8-23)21(30)16-7-3-9-24-17(16)22/h2-3,5-7,9,13,19H,4,8,10-12,23H2,1H3,(H,25,28). The Labute approximate surface area is 185 Å². The van der Waals surface area contributed by atoms with E-state index in [4.69, 9.17) is 22.1 Å². The number of nitrogens with zero attached hydrogens (tertiary/aromatic N) is 3. The van der Waals surface area contributed by atoms with E-state index >= 15 is 0 Å². The Balaban J connectivity index is 1.97. The van der Waals surface area contributed by atoms with Crippen LogP contribution in [0.25, 0.3) is 0 Å². The van der Waals surface area contributed by atoms with E-state index in [0.717, 1.165) is 0 Å². The molecule has 1 atom stereocenters. The zero-order valence-electron chi connectivity index (χ0n) is 17.1. The Morgan fingerprint density at radius 3 is 2.61 bits per heavy atom. The molecule has 0 spiro atoms. The highest BCUT2D eigenvalue weighted by molar-refractivity contribution is 6.32. The Morgan fingerprint density at radius 2 is 1.94 bits per heavy atom. The minimum absolute atomic E-state index is 0.0323. The summed E-state index contributed by atoms with van der Waals surface area (Å²) in [6.07, 6.45) is 0.821. The maximum atomic E-state index is 13.3. The zero-order chi connectivity index (χ0) is 22.4. The van der Waals surface area contributed by atoms with Crippen molar-refractivity contribution < 1.29 is 19.1 Å². The SMILES string of the molecule is COc1cccc(C(=O)N2CCCN(C(=O)c3cccnc3Cl)C2C(=O)NCCN)c1. The Bertz CT molecular complexity index is 970. The number of rotatable bonds is 6. The molecule has 0 radical (unpaired) electrons. The minimum atomic E-state index is -1.15. The molecule has 1 aliphatic heterocycles. The summed E-state index contributed by atoms with van der Waals surface area (Å²) in [5, 5.41) is 2.72. The molecule has 9 nitrogen and oxygen atoms in total. The Kier molecular flexibility index (Phi) is 7.43. The van der Waals surface area contributed by atoms with Gasteiger partial charge in [0.05, 0.1) is 12.7 Å². The number of carbonyl (C=O) groups is 3. The molecule has 3 amide bonds. The molecule has 1 aromatic heterocycles. The van der Waals surface area contributed by atoms with Gasteiger partial charge in [0.2, 0.25) is 0 Å². The highest BCUT2D eigenvalue weighted by Gasteiger charge is 2.41. The van der Waals surface area contributed by atoms with Gasteiger partial charge in [0, 0.05) is 37.9 Å². The molecular formula is C21H24ClN5O4. The van der Waals surface area contributed by atoms with Gasteiger partial charge in [-0.1, -0.05) is 17.7 Å². The van der Waals surface area contributed by atoms with Crippen LogP contribution in [0, 0.1) is 0 Å². The predicted molar refractivity (Wildman–Crippen MR) is 115 cm³/mol. The molecule has 1 fully saturated rings. The molecule has 0 saturated carbocycles. The van der Waals surface area contributed by atoms with Crippen LogP contribution in [0.5, 0.6) is 5.75 Å². The maximum Gasteiger partial charge on any atom is 0.263 e. The average Bonchev–Trinajstić information content (AvgIpc) is 2.81. The number of nitrogens with two attached hydrogens (primary N) is 1. The summed E-state index contributed by atoms with van der Waals surface area (Å²) in [4.78, 5) is 46.3. The van der Waals surface area contributed by atoms with E-state index in [-0.39, 0.29) is 36.3 Å². The molecular weight excluding hydrogens is 422 g/mol. The molecule has 0 bridgehead atoms. The lowest BCUT2D eigenvalue weighted by Gasteiger charge is -2.42. The van der Waals surface area contributed by atoms with Crippen LogP contribution >= 0.6 is 11.6 Å². The van der Waals surface area contributed by atoms with Crippen molar-refractivity contribution in [2.45, 2.75) is 12.6 Å². The summed E-state index contributed by atoms with van der Waals surface area (Å²) in [6, 6.07) is 9.77. The van der Waals surface area contributed by atoms with E-state index in [1.165, 1.54) is 29.2 Å². The summed E-state index contributed by atoms with van der Waals surface area (Å²) in [5.41, 5.74) is 6.03. The van der Waals surface area contributed by atoms with Gasteiger partial charge < -0.3 is 25.6 Å². The van der Waals surface area contributed by atoms with Crippen LogP contribution < -0.4 is 15.8 Å². The monoisotopic (exact) mass is 445 g/mol. The van der Waals surface area contributed by atoms with E-state index in [0.29, 0.717) is 24.3 Å². The highest BCUT2D eigenvalue weighted by Crippen LogP contribution is 2.24. The van der Waals surface area contributed by atoms with Crippen molar-refractivity contribution >= 4 is 29.3 Å². The third-order valence-electron chi connectivity index (χ3n) is 4.89. The average molecular weight is 446 g/mol. The first-order valence-corrected chi connectivity index (χ1v) is 10.2. The largest absolute Gasteiger partial charge is 0.497 e. The van der Waals surface area contributed by atoms with E-state index in [2.05, 4.69) is 10.3 Å². The fourth-order valence-electron chi connectivity index (χ4n) is 3.44. The van der Waals surface area contributed by atoms with Crippen molar-refractivity contribution in [3.05, 3.63) is 58.9 Å². The van der Waals surface area contributed by atoms with Gasteiger partial charge >= 0.3 is 0 Å². The molecule has 10 heteroatoms. The Hall–Kier alpha value is -3.17. The lowest BCUT2D eigenvalue weighted by atomic mass is 10.1. The molecule has 0 aliphatic carbocycles. The Morgan fingerprint density at radius 1 is 1.19 bits per heavy atom. The third-order valence-corrected chi connectivity index (χ3v) is 5.20. The molecule has 3 rings (SSSR count). The molecule has 1 aromatic carbocycles. The highest BCUT2D eigenvalue weighted by atomic mass is 35.5. The second-order valence-electron chi connectivity index (χ2n) is 6.88. The first-order valence-electron chi connectivity index (χ1n) is 9.82. The molecule has 2 heterocycles. The number of pyridine rings is 1. The number of aromatic nitrogens is 1. The van der Waals surface area contributed by atoms with Crippen LogP contribution in [0.2, 0.25) is 5.15 Å². The minimum Gasteiger partial charge on any atom is -0.497 e. The van der Waals surface area contributed by atoms with Crippen LogP contribution in [0.1, 0.15) is 27.1 Å². The molecule has 1 unspecified atom stereocenters. The van der Waals surface area contributed by atoms with Crippen molar-refractivity contribution in [1.82, 2.24) is 20.1 Å². The number of amides is 3. The molecule has 2 aromatic rings. The van der Waals surface area contributed by atoms with Crippen LogP contribution in [0.3, 0.4) is 0 Å². The normalized spacial score (nSPS) is 16.0. The van der Waals surface area contributed by atoms with Crippen molar-refractivity contribution in [3.8, 4) is 5.75 Å². The molecule has 164 valence electrons. The molecule has 1 aliphatic rings. The van der Waals surface area contributed by atoms with Gasteiger partial charge in [0.15, 0.2) is 6.17 Å². The zero-order valence-corrected chi connectivity index (χ0v) is 17.8. The summed E-state index contributed by atoms with van der Waals surface area (Å²) in [5.74, 6) is -0.840. The summed E-state index contributed by atoms with van der Waals surface area (Å²) in [7, 11) is 1.51. The van der Waals surface area contributed by atoms with Gasteiger partial charge in [0.1, 0.15) is 10.9 Å². The number of nitrogens with one attached hydrogen (secondary N) is 1. The maximum absolute atomic E-state index is 13.3. The van der Waals surface area contributed by atoms with Gasteiger partial charge in [-0.05, 0) is 36.8 Å². The number of methoxy groups -OCH3 is 1. The fraction of sp³-hybridized carbons (Fsp3) is 0.333. The van der Waals surface area contributed by atoms with Crippen molar-refractivity contribution in [2.24, 2.45) is 5.73 Å². The lowest BCUT2D eigenvalue weighted by molar-refractivity contribution is -0.132. The second kappa shape index (κ2) is 10.2. The van der Waals surface area contributed by atoms with Crippen LogP contribution in [0.15, 0.2) is 42.6 Å². The number of hydrogen-bond acceptors (Lipinski definition) is 6. The van der Waals surface area contributed by atoms with Crippen LogP contribution in [-0.4, -0.2) is 72.0 Å². The van der Waals surface area contributed by atoms with Crippen molar-refractivity contribution in [1.29, 1.82) is 0 Å². The summed E-state index contributed by atoms with van der Waals surface area (Å²) < 4.78 is 5.20. The molecule has 1 saturated heterocycles. The van der Waals surface area contributed by atoms with Gasteiger partial charge in [0.25, 0.3) is 17.7 Å². The van der Waals surface area contributed by atoms with E-state index in [1.54, 1.807) is 30.3 Å².